The summed E-state index contributed by atoms with van der Waals surface area (Å²) in [5.41, 5.74) is 3.02. The minimum atomic E-state index is -4.41. The molecule has 1 N–H and O–H groups in total. The molecule has 0 radical (unpaired) electrons. The van der Waals surface area contributed by atoms with Crippen LogP contribution in [-0.2, 0) is 30.4 Å². The first-order valence-electron chi connectivity index (χ1n) is 12.4. The number of amides is 1. The molecule has 4 nitrogen and oxygen atoms in total. The van der Waals surface area contributed by atoms with Crippen LogP contribution in [0.3, 0.4) is 0 Å². The topological polar surface area (TPSA) is 35.6 Å². The lowest BCUT2D eigenvalue weighted by Crippen LogP contribution is -2.61. The summed E-state index contributed by atoms with van der Waals surface area (Å²) in [5.74, 6) is -0.536. The largest absolute Gasteiger partial charge is 0.416 e. The molecular weight excluding hydrogens is 463 g/mol. The Bertz CT molecular complexity index is 1180. The molecule has 36 heavy (non-hydrogen) atoms. The van der Waals surface area contributed by atoms with Crippen molar-refractivity contribution in [2.45, 2.75) is 31.6 Å². The number of nitrogens with one attached hydrogen (secondary N) is 1. The second-order valence-electron chi connectivity index (χ2n) is 9.65. The average Bonchev–Trinajstić information content (AvgIpc) is 2.90. The number of carbonyl (C=O) groups excluding carboxylic acids is 1. The van der Waals surface area contributed by atoms with Crippen LogP contribution in [-0.4, -0.2) is 43.0 Å². The molecule has 0 spiro atoms. The summed E-state index contributed by atoms with van der Waals surface area (Å²) in [4.78, 5) is 18.0. The van der Waals surface area contributed by atoms with Crippen LogP contribution < -0.4 is 10.2 Å². The van der Waals surface area contributed by atoms with Crippen LogP contribution >= 0.6 is 0 Å². The summed E-state index contributed by atoms with van der Waals surface area (Å²) in [6.07, 6.45) is -3.19. The summed E-state index contributed by atoms with van der Waals surface area (Å²) in [6.45, 7) is 3.47. The van der Waals surface area contributed by atoms with Crippen molar-refractivity contribution in [1.82, 2.24) is 10.2 Å². The first-order valence-corrected chi connectivity index (χ1v) is 12.4. The smallest absolute Gasteiger partial charge is 0.365 e. The molecule has 1 fully saturated rings. The van der Waals surface area contributed by atoms with E-state index < -0.39 is 17.7 Å². The van der Waals surface area contributed by atoms with Gasteiger partial charge in [-0.15, -0.1) is 0 Å². The molecule has 1 saturated heterocycles. The van der Waals surface area contributed by atoms with Crippen molar-refractivity contribution >= 4 is 11.6 Å². The summed E-state index contributed by atoms with van der Waals surface area (Å²) >= 11 is 0. The number of benzene rings is 3. The third-order valence-electron chi connectivity index (χ3n) is 7.33. The van der Waals surface area contributed by atoms with E-state index in [4.69, 9.17) is 0 Å². The van der Waals surface area contributed by atoms with Crippen molar-refractivity contribution in [2.75, 3.05) is 31.1 Å². The molecule has 2 aliphatic rings. The van der Waals surface area contributed by atoms with Gasteiger partial charge in [0.05, 0.1) is 17.5 Å². The van der Waals surface area contributed by atoms with Gasteiger partial charge in [-0.3, -0.25) is 9.69 Å². The fraction of sp³-hybridized carbons (Fsp3) is 0.345. The van der Waals surface area contributed by atoms with Crippen LogP contribution in [0.1, 0.15) is 22.3 Å². The van der Waals surface area contributed by atoms with Gasteiger partial charge in [0, 0.05) is 38.4 Å². The average molecular weight is 494 g/mol. The number of anilines is 1. The highest BCUT2D eigenvalue weighted by atomic mass is 19.4. The molecule has 3 aromatic carbocycles. The maximum atomic E-state index is 13.4. The van der Waals surface area contributed by atoms with E-state index in [-0.39, 0.29) is 11.9 Å². The lowest BCUT2D eigenvalue weighted by Gasteiger charge is -2.49. The molecule has 2 atom stereocenters. The van der Waals surface area contributed by atoms with Crippen LogP contribution in [0.25, 0.3) is 0 Å². The Morgan fingerprint density at radius 1 is 0.917 bits per heavy atom. The van der Waals surface area contributed by atoms with Crippen molar-refractivity contribution in [3.63, 3.8) is 0 Å². The fourth-order valence-corrected chi connectivity index (χ4v) is 5.41. The van der Waals surface area contributed by atoms with Crippen LogP contribution in [0.15, 0.2) is 78.9 Å². The van der Waals surface area contributed by atoms with E-state index in [0.29, 0.717) is 31.6 Å². The quantitative estimate of drug-likeness (QED) is 0.529. The van der Waals surface area contributed by atoms with Gasteiger partial charge < -0.3 is 10.2 Å². The zero-order chi connectivity index (χ0) is 25.1. The minimum absolute atomic E-state index is 0.0884. The van der Waals surface area contributed by atoms with Crippen molar-refractivity contribution in [1.29, 1.82) is 0 Å². The Morgan fingerprint density at radius 3 is 2.31 bits per heavy atom. The molecule has 1 amide bonds. The zero-order valence-corrected chi connectivity index (χ0v) is 20.0. The summed E-state index contributed by atoms with van der Waals surface area (Å²) in [6, 6.07) is 23.9. The Hall–Kier alpha value is -3.32. The van der Waals surface area contributed by atoms with Crippen molar-refractivity contribution in [2.24, 2.45) is 5.92 Å². The fourth-order valence-electron chi connectivity index (χ4n) is 5.41. The Balaban J connectivity index is 1.36. The number of rotatable bonds is 6. The SMILES string of the molecule is O=C(NCc1ccccc1)C1Cc2cc(C(F)(F)F)ccc2N2CCN(CCc3ccccc3)CC12. The number of halogens is 3. The monoisotopic (exact) mass is 493 g/mol. The van der Waals surface area contributed by atoms with Crippen molar-refractivity contribution in [3.05, 3.63) is 101 Å². The van der Waals surface area contributed by atoms with Gasteiger partial charge in [-0.1, -0.05) is 60.7 Å². The van der Waals surface area contributed by atoms with E-state index in [0.717, 1.165) is 36.8 Å². The van der Waals surface area contributed by atoms with Crippen LogP contribution in [0.4, 0.5) is 18.9 Å². The van der Waals surface area contributed by atoms with Crippen molar-refractivity contribution < 1.29 is 18.0 Å². The molecule has 5 rings (SSSR count). The second kappa shape index (κ2) is 10.3. The van der Waals surface area contributed by atoms with Crippen LogP contribution in [0.5, 0.6) is 0 Å². The lowest BCUT2D eigenvalue weighted by molar-refractivity contribution is -0.137. The number of hydrogen-bond donors (Lipinski definition) is 1. The molecule has 7 heteroatoms. The highest BCUT2D eigenvalue weighted by molar-refractivity contribution is 5.82. The van der Waals surface area contributed by atoms with Crippen LogP contribution in [0, 0.1) is 5.92 Å². The number of fused-ring (bicyclic) bond motifs is 3. The minimum Gasteiger partial charge on any atom is -0.365 e. The molecule has 3 aromatic rings. The van der Waals surface area contributed by atoms with Crippen LogP contribution in [0.2, 0.25) is 0 Å². The van der Waals surface area contributed by atoms with Crippen molar-refractivity contribution in [3.8, 4) is 0 Å². The van der Waals surface area contributed by atoms with Gasteiger partial charge in [0.15, 0.2) is 0 Å². The number of piperazine rings is 1. The van der Waals surface area contributed by atoms with E-state index in [9.17, 15) is 18.0 Å². The third-order valence-corrected chi connectivity index (χ3v) is 7.33. The lowest BCUT2D eigenvalue weighted by atomic mass is 9.82. The number of hydrogen-bond acceptors (Lipinski definition) is 3. The Morgan fingerprint density at radius 2 is 1.61 bits per heavy atom. The van der Waals surface area contributed by atoms with Gasteiger partial charge in [0.1, 0.15) is 0 Å². The van der Waals surface area contributed by atoms with Gasteiger partial charge in [-0.2, -0.15) is 13.2 Å². The van der Waals surface area contributed by atoms with Gasteiger partial charge in [0.2, 0.25) is 5.91 Å². The number of alkyl halides is 3. The summed E-state index contributed by atoms with van der Waals surface area (Å²) < 4.78 is 40.3. The highest BCUT2D eigenvalue weighted by Gasteiger charge is 2.42. The number of carbonyl (C=O) groups is 1. The van der Waals surface area contributed by atoms with E-state index in [1.165, 1.54) is 11.6 Å². The van der Waals surface area contributed by atoms with E-state index >= 15 is 0 Å². The molecule has 188 valence electrons. The Kier molecular flexibility index (Phi) is 7.01. The zero-order valence-electron chi connectivity index (χ0n) is 20.0. The predicted molar refractivity (Wildman–Crippen MR) is 135 cm³/mol. The van der Waals surface area contributed by atoms with Gasteiger partial charge in [-0.05, 0) is 47.7 Å². The molecule has 2 heterocycles. The maximum Gasteiger partial charge on any atom is 0.416 e. The molecule has 2 unspecified atom stereocenters. The molecule has 0 saturated carbocycles. The summed E-state index contributed by atoms with van der Waals surface area (Å²) in [7, 11) is 0. The molecule has 0 aliphatic carbocycles. The Labute approximate surface area is 209 Å². The first kappa shape index (κ1) is 24.4. The van der Waals surface area contributed by atoms with E-state index in [2.05, 4.69) is 27.2 Å². The third kappa shape index (κ3) is 5.41. The van der Waals surface area contributed by atoms with E-state index in [1.807, 2.05) is 48.5 Å². The predicted octanol–water partition coefficient (Wildman–Crippen LogP) is 4.93. The van der Waals surface area contributed by atoms with E-state index in [1.54, 1.807) is 6.07 Å². The molecule has 2 aliphatic heterocycles. The van der Waals surface area contributed by atoms with Gasteiger partial charge in [-0.25, -0.2) is 0 Å². The first-order chi connectivity index (χ1) is 17.4. The normalized spacial score (nSPS) is 19.9. The number of nitrogens with zero attached hydrogens (tertiary/aromatic N) is 2. The molecular formula is C29H30F3N3O. The van der Waals surface area contributed by atoms with Gasteiger partial charge >= 0.3 is 6.18 Å². The molecule has 0 aromatic heterocycles. The van der Waals surface area contributed by atoms with Gasteiger partial charge in [0.25, 0.3) is 0 Å². The maximum absolute atomic E-state index is 13.4. The molecule has 0 bridgehead atoms. The summed E-state index contributed by atoms with van der Waals surface area (Å²) in [5, 5.41) is 3.04. The standard InChI is InChI=1S/C29H30F3N3O/c30-29(31,32)24-11-12-26-23(17-24)18-25(28(36)33-19-22-9-5-2-6-10-22)27-20-34(15-16-35(26)27)14-13-21-7-3-1-4-8-21/h1-12,17,25,27H,13-16,18-20H2,(H,33,36). The highest BCUT2D eigenvalue weighted by Crippen LogP contribution is 2.39. The second-order valence-corrected chi connectivity index (χ2v) is 9.65.